The molecule has 2 atom stereocenters. The van der Waals surface area contributed by atoms with Gasteiger partial charge in [0.15, 0.2) is 6.10 Å². The Bertz CT molecular complexity index is 1230. The third-order valence-corrected chi connectivity index (χ3v) is 7.25. The summed E-state index contributed by atoms with van der Waals surface area (Å²) in [7, 11) is 0. The molecule has 0 radical (unpaired) electrons. The average molecular weight is 517 g/mol. The maximum atomic E-state index is 11.8. The van der Waals surface area contributed by atoms with Crippen molar-refractivity contribution in [2.75, 3.05) is 31.2 Å². The highest BCUT2D eigenvalue weighted by molar-refractivity contribution is 5.72. The number of nitroso groups, excluding NO2 is 1. The average Bonchev–Trinajstić information content (AvgIpc) is 2.92. The van der Waals surface area contributed by atoms with E-state index in [0.717, 1.165) is 47.6 Å². The predicted octanol–water partition coefficient (Wildman–Crippen LogP) is 6.14. The molecule has 0 aromatic heterocycles. The van der Waals surface area contributed by atoms with Crippen molar-refractivity contribution in [1.82, 2.24) is 0 Å². The molecule has 3 aromatic carbocycles. The molecule has 3 aromatic rings. The van der Waals surface area contributed by atoms with Gasteiger partial charge in [0.1, 0.15) is 18.4 Å². The van der Waals surface area contributed by atoms with Gasteiger partial charge >= 0.3 is 5.97 Å². The fourth-order valence-electron chi connectivity index (χ4n) is 5.02. The Balaban J connectivity index is 1.42. The topological polar surface area (TPSA) is 88.4 Å². The molecule has 0 fully saturated rings. The molecule has 1 N–H and O–H groups in total. The fraction of sp³-hybridized carbons (Fsp3) is 0.387. The van der Waals surface area contributed by atoms with Crippen LogP contribution in [-0.4, -0.2) is 43.5 Å². The second-order valence-corrected chi connectivity index (χ2v) is 10.3. The SMILES string of the molecule is CCOC(Cc1ccc(OCCN2CCC(C)(C)c3cc(C(N=O)c4ccccc4)ccc32)cc1)C(=O)O. The van der Waals surface area contributed by atoms with Crippen LogP contribution in [0.3, 0.4) is 0 Å². The first-order valence-corrected chi connectivity index (χ1v) is 13.2. The zero-order valence-electron chi connectivity index (χ0n) is 22.3. The second kappa shape index (κ2) is 12.2. The summed E-state index contributed by atoms with van der Waals surface area (Å²) in [6.07, 6.45) is 0.463. The Labute approximate surface area is 224 Å². The third kappa shape index (κ3) is 6.40. The minimum atomic E-state index is -0.956. The monoisotopic (exact) mass is 516 g/mol. The van der Waals surface area contributed by atoms with Gasteiger partial charge in [0.2, 0.25) is 0 Å². The number of hydrogen-bond donors (Lipinski definition) is 1. The summed E-state index contributed by atoms with van der Waals surface area (Å²) in [6.45, 7) is 8.80. The highest BCUT2D eigenvalue weighted by atomic mass is 16.5. The lowest BCUT2D eigenvalue weighted by Gasteiger charge is -2.40. The number of carboxylic acid groups (broad SMARTS) is 1. The van der Waals surface area contributed by atoms with E-state index in [4.69, 9.17) is 9.47 Å². The lowest BCUT2D eigenvalue weighted by atomic mass is 9.76. The molecular formula is C31H36N2O5. The van der Waals surface area contributed by atoms with Gasteiger partial charge in [-0.3, -0.25) is 0 Å². The predicted molar refractivity (Wildman–Crippen MR) is 149 cm³/mol. The number of fused-ring (bicyclic) bond motifs is 1. The van der Waals surface area contributed by atoms with E-state index in [0.29, 0.717) is 19.6 Å². The molecule has 0 aliphatic carbocycles. The normalized spacial score (nSPS) is 15.8. The van der Waals surface area contributed by atoms with E-state index >= 15 is 0 Å². The van der Waals surface area contributed by atoms with E-state index in [1.165, 1.54) is 5.56 Å². The standard InChI is InChI=1S/C31H36N2O5/c1-4-37-28(30(34)35)20-22-10-13-25(14-11-22)38-19-18-33-17-16-31(2,3)26-21-24(12-15-27(26)33)29(32-36)23-8-6-5-7-9-23/h5-15,21,28-29H,4,16-20H2,1-3H3,(H,34,35). The van der Waals surface area contributed by atoms with Crippen LogP contribution in [0.1, 0.15) is 55.5 Å². The number of hydrogen-bond acceptors (Lipinski definition) is 6. The molecule has 1 aliphatic heterocycles. The molecule has 0 amide bonds. The highest BCUT2D eigenvalue weighted by Gasteiger charge is 2.32. The number of carbonyl (C=O) groups is 1. The van der Waals surface area contributed by atoms with Crippen LogP contribution in [0, 0.1) is 4.91 Å². The number of carboxylic acids is 1. The van der Waals surface area contributed by atoms with Crippen LogP contribution in [-0.2, 0) is 21.4 Å². The summed E-state index contributed by atoms with van der Waals surface area (Å²) >= 11 is 0. The van der Waals surface area contributed by atoms with Gasteiger partial charge in [-0.15, -0.1) is 4.91 Å². The van der Waals surface area contributed by atoms with Gasteiger partial charge in [-0.25, -0.2) is 4.79 Å². The van der Waals surface area contributed by atoms with Crippen molar-refractivity contribution in [2.24, 2.45) is 5.18 Å². The van der Waals surface area contributed by atoms with E-state index in [1.807, 2.05) is 60.7 Å². The maximum absolute atomic E-state index is 11.8. The van der Waals surface area contributed by atoms with Crippen LogP contribution in [0.4, 0.5) is 5.69 Å². The molecule has 4 rings (SSSR count). The summed E-state index contributed by atoms with van der Waals surface area (Å²) in [5, 5.41) is 12.7. The van der Waals surface area contributed by atoms with E-state index in [-0.39, 0.29) is 5.41 Å². The van der Waals surface area contributed by atoms with Crippen molar-refractivity contribution >= 4 is 11.7 Å². The van der Waals surface area contributed by atoms with Crippen LogP contribution >= 0.6 is 0 Å². The first-order valence-electron chi connectivity index (χ1n) is 13.2. The summed E-state index contributed by atoms with van der Waals surface area (Å²) in [4.78, 5) is 25.5. The van der Waals surface area contributed by atoms with Gasteiger partial charge in [0.05, 0.1) is 6.54 Å². The van der Waals surface area contributed by atoms with Crippen molar-refractivity contribution in [3.05, 3.63) is 100.0 Å². The number of benzene rings is 3. The summed E-state index contributed by atoms with van der Waals surface area (Å²) in [5.41, 5.74) is 5.06. The molecule has 2 unspecified atom stereocenters. The van der Waals surface area contributed by atoms with Gasteiger partial charge in [-0.05, 0) is 59.2 Å². The van der Waals surface area contributed by atoms with Gasteiger partial charge in [0.25, 0.3) is 0 Å². The van der Waals surface area contributed by atoms with Crippen molar-refractivity contribution in [3.63, 3.8) is 0 Å². The van der Waals surface area contributed by atoms with Crippen LogP contribution in [0.15, 0.2) is 78.0 Å². The third-order valence-electron chi connectivity index (χ3n) is 7.25. The highest BCUT2D eigenvalue weighted by Crippen LogP contribution is 2.41. The Morgan fingerprint density at radius 3 is 2.45 bits per heavy atom. The van der Waals surface area contributed by atoms with E-state index in [1.54, 1.807) is 6.92 Å². The quantitative estimate of drug-likeness (QED) is 0.291. The fourth-order valence-corrected chi connectivity index (χ4v) is 5.02. The molecule has 0 saturated carbocycles. The molecule has 0 saturated heterocycles. The smallest absolute Gasteiger partial charge is 0.333 e. The maximum Gasteiger partial charge on any atom is 0.333 e. The molecule has 0 spiro atoms. The lowest BCUT2D eigenvalue weighted by Crippen LogP contribution is -2.39. The van der Waals surface area contributed by atoms with Crippen LogP contribution < -0.4 is 9.64 Å². The molecule has 38 heavy (non-hydrogen) atoms. The van der Waals surface area contributed by atoms with Crippen molar-refractivity contribution < 1.29 is 19.4 Å². The van der Waals surface area contributed by atoms with E-state index in [2.05, 4.69) is 36.1 Å². The van der Waals surface area contributed by atoms with Gasteiger partial charge in [-0.1, -0.05) is 73.6 Å². The number of ether oxygens (including phenoxy) is 2. The molecule has 0 bridgehead atoms. The molecule has 1 aliphatic rings. The van der Waals surface area contributed by atoms with Crippen molar-refractivity contribution in [2.45, 2.75) is 51.2 Å². The first kappa shape index (κ1) is 27.3. The Hall–Kier alpha value is -3.71. The summed E-state index contributed by atoms with van der Waals surface area (Å²) in [6, 6.07) is 22.9. The lowest BCUT2D eigenvalue weighted by molar-refractivity contribution is -0.149. The first-order chi connectivity index (χ1) is 18.3. The van der Waals surface area contributed by atoms with Crippen molar-refractivity contribution in [3.8, 4) is 5.75 Å². The number of nitrogens with zero attached hydrogens (tertiary/aromatic N) is 2. The van der Waals surface area contributed by atoms with E-state index < -0.39 is 18.1 Å². The van der Waals surface area contributed by atoms with Crippen LogP contribution in [0.25, 0.3) is 0 Å². The van der Waals surface area contributed by atoms with Crippen molar-refractivity contribution in [1.29, 1.82) is 0 Å². The number of aliphatic carboxylic acids is 1. The molecule has 1 heterocycles. The van der Waals surface area contributed by atoms with Gasteiger partial charge in [0, 0.05) is 25.3 Å². The van der Waals surface area contributed by atoms with E-state index in [9.17, 15) is 14.8 Å². The Morgan fingerprint density at radius 1 is 1.05 bits per heavy atom. The largest absolute Gasteiger partial charge is 0.492 e. The van der Waals surface area contributed by atoms with Crippen LogP contribution in [0.5, 0.6) is 5.75 Å². The minimum absolute atomic E-state index is 0.0159. The molecular weight excluding hydrogens is 480 g/mol. The minimum Gasteiger partial charge on any atom is -0.492 e. The summed E-state index contributed by atoms with van der Waals surface area (Å²) in [5.74, 6) is -0.213. The van der Waals surface area contributed by atoms with Gasteiger partial charge < -0.3 is 19.5 Å². The second-order valence-electron chi connectivity index (χ2n) is 10.3. The molecule has 7 heteroatoms. The zero-order valence-corrected chi connectivity index (χ0v) is 22.3. The summed E-state index contributed by atoms with van der Waals surface area (Å²) < 4.78 is 11.3. The Morgan fingerprint density at radius 2 is 1.79 bits per heavy atom. The number of anilines is 1. The van der Waals surface area contributed by atoms with Gasteiger partial charge in [-0.2, -0.15) is 0 Å². The van der Waals surface area contributed by atoms with Crippen LogP contribution in [0.2, 0.25) is 0 Å². The Kier molecular flexibility index (Phi) is 8.79. The molecule has 200 valence electrons. The number of rotatable bonds is 12. The molecule has 7 nitrogen and oxygen atoms in total. The zero-order chi connectivity index (χ0) is 27.1.